The second kappa shape index (κ2) is 5.01. The normalized spacial score (nSPS) is 14.6. The van der Waals surface area contributed by atoms with Crippen molar-refractivity contribution in [2.24, 2.45) is 0 Å². The van der Waals surface area contributed by atoms with E-state index >= 15 is 0 Å². The molecule has 1 aromatic heterocycles. The van der Waals surface area contributed by atoms with Gasteiger partial charge in [0.1, 0.15) is 0 Å². The number of hydrogen-bond donors (Lipinski definition) is 0. The molecule has 0 N–H and O–H groups in total. The van der Waals surface area contributed by atoms with Crippen molar-refractivity contribution in [1.29, 1.82) is 0 Å². The molecule has 0 fully saturated rings. The molecular weight excluding hydrogens is 339 g/mol. The van der Waals surface area contributed by atoms with Gasteiger partial charge in [0, 0.05) is 0 Å². The fourth-order valence-electron chi connectivity index (χ4n) is 4.87. The maximum atomic E-state index is 4.73. The molecule has 0 saturated heterocycles. The summed E-state index contributed by atoms with van der Waals surface area (Å²) in [6.45, 7) is 21.6. The molecule has 1 aromatic rings. The van der Waals surface area contributed by atoms with Crippen LogP contribution < -0.4 is 3.84 Å². The van der Waals surface area contributed by atoms with Crippen molar-refractivity contribution < 1.29 is 0 Å². The number of hydrogen-bond acceptors (Lipinski definition) is 2. The van der Waals surface area contributed by atoms with Gasteiger partial charge in [-0.3, -0.25) is 0 Å². The second-order valence-electron chi connectivity index (χ2n) is 8.57. The minimum atomic E-state index is -2.96. The minimum absolute atomic E-state index is 0.270. The zero-order valence-corrected chi connectivity index (χ0v) is 17.0. The van der Waals surface area contributed by atoms with Gasteiger partial charge in [0.25, 0.3) is 0 Å². The van der Waals surface area contributed by atoms with Crippen LogP contribution in [0.15, 0.2) is 18.5 Å². The number of aromatic nitrogens is 2. The molecule has 19 heavy (non-hydrogen) atoms. The molecule has 1 heterocycles. The molecule has 0 aliphatic carbocycles. The molecule has 0 aromatic carbocycles. The predicted octanol–water partition coefficient (Wildman–Crippen LogP) is 4.53. The Hall–Kier alpha value is -0.121. The van der Waals surface area contributed by atoms with E-state index in [-0.39, 0.29) is 10.3 Å². The van der Waals surface area contributed by atoms with Crippen LogP contribution in [-0.4, -0.2) is 28.3 Å². The maximum absolute atomic E-state index is 4.73. The Bertz CT molecular complexity index is 383. The van der Waals surface area contributed by atoms with E-state index in [4.69, 9.17) is 9.97 Å². The molecule has 0 amide bonds. The van der Waals surface area contributed by atoms with Crippen molar-refractivity contribution in [2.45, 2.75) is 72.6 Å². The Morgan fingerprint density at radius 3 is 1.26 bits per heavy atom. The van der Waals surface area contributed by atoms with Gasteiger partial charge in [0.2, 0.25) is 0 Å². The quantitative estimate of drug-likeness (QED) is 0.680. The first-order chi connectivity index (χ1) is 8.36. The first kappa shape index (κ1) is 16.9. The third-order valence-corrected chi connectivity index (χ3v) is 26.2. The molecular formula is C16H30N2Sn. The third kappa shape index (κ3) is 2.70. The summed E-state index contributed by atoms with van der Waals surface area (Å²) in [6, 6.07) is 1.92. The van der Waals surface area contributed by atoms with Gasteiger partial charge < -0.3 is 0 Å². The average Bonchev–Trinajstić information content (AvgIpc) is 2.12. The molecule has 0 atom stereocenters. The second-order valence-corrected chi connectivity index (χ2v) is 27.0. The zero-order valence-electron chi connectivity index (χ0n) is 14.1. The Balaban J connectivity index is 3.76. The number of rotatable bonds is 1. The molecule has 0 saturated carbocycles. The third-order valence-electron chi connectivity index (χ3n) is 4.28. The molecule has 0 radical (unpaired) electrons. The fourth-order valence-corrected chi connectivity index (χ4v) is 31.4. The van der Waals surface area contributed by atoms with Crippen LogP contribution in [0.25, 0.3) is 0 Å². The van der Waals surface area contributed by atoms with Crippen molar-refractivity contribution in [3.8, 4) is 0 Å². The van der Waals surface area contributed by atoms with Crippen LogP contribution >= 0.6 is 0 Å². The Morgan fingerprint density at radius 1 is 0.684 bits per heavy atom. The number of nitrogens with zero attached hydrogens (tertiary/aromatic N) is 2. The molecule has 0 aliphatic rings. The van der Waals surface area contributed by atoms with Crippen LogP contribution in [0, 0.1) is 0 Å². The summed E-state index contributed by atoms with van der Waals surface area (Å²) in [7, 11) is 0. The van der Waals surface area contributed by atoms with E-state index in [1.54, 1.807) is 0 Å². The van der Waals surface area contributed by atoms with Crippen LogP contribution in [0.3, 0.4) is 0 Å². The monoisotopic (exact) mass is 370 g/mol. The summed E-state index contributed by atoms with van der Waals surface area (Å²) in [6.07, 6.45) is 3.83. The van der Waals surface area contributed by atoms with Crippen LogP contribution in [0.5, 0.6) is 0 Å². The molecule has 0 bridgehead atoms. The molecule has 3 heteroatoms. The van der Waals surface area contributed by atoms with Gasteiger partial charge in [-0.2, -0.15) is 0 Å². The summed E-state index contributed by atoms with van der Waals surface area (Å²) in [5.74, 6) is 0. The van der Waals surface area contributed by atoms with E-state index in [1.807, 2.05) is 18.5 Å². The molecule has 2 nitrogen and oxygen atoms in total. The van der Waals surface area contributed by atoms with E-state index in [0.29, 0.717) is 0 Å². The molecule has 0 unspecified atom stereocenters. The van der Waals surface area contributed by atoms with Crippen molar-refractivity contribution >= 4 is 22.2 Å². The molecule has 0 spiro atoms. The van der Waals surface area contributed by atoms with Crippen LogP contribution in [-0.2, 0) is 0 Å². The summed E-state index contributed by atoms with van der Waals surface area (Å²) >= 11 is -2.96. The topological polar surface area (TPSA) is 25.8 Å². The SMILES string of the molecule is C[C](C)(C)[Sn]([c]1ncccn1)([C](C)(C)C)[C](C)(C)C. The van der Waals surface area contributed by atoms with Gasteiger partial charge >= 0.3 is 123 Å². The van der Waals surface area contributed by atoms with E-state index in [2.05, 4.69) is 62.3 Å². The summed E-state index contributed by atoms with van der Waals surface area (Å²) in [4.78, 5) is 9.47. The first-order valence-corrected chi connectivity index (χ1v) is 12.8. The molecule has 108 valence electrons. The van der Waals surface area contributed by atoms with Gasteiger partial charge in [-0.25, -0.2) is 0 Å². The average molecular weight is 369 g/mol. The summed E-state index contributed by atoms with van der Waals surface area (Å²) in [5.41, 5.74) is 0. The van der Waals surface area contributed by atoms with Crippen molar-refractivity contribution in [3.05, 3.63) is 18.5 Å². The van der Waals surface area contributed by atoms with E-state index < -0.39 is 18.4 Å². The standard InChI is InChI=1S/C4H3N2.3C4H9.Sn/c1-2-5-4-6-3-1;3*1-4(2)3;/h1-3H;3*1-3H3;. The fraction of sp³-hybridized carbons (Fsp3) is 0.750. The van der Waals surface area contributed by atoms with E-state index in [9.17, 15) is 0 Å². The van der Waals surface area contributed by atoms with Gasteiger partial charge in [0.05, 0.1) is 0 Å². The molecule has 0 aliphatic heterocycles. The van der Waals surface area contributed by atoms with Gasteiger partial charge in [0.15, 0.2) is 0 Å². The molecule has 1 rings (SSSR count). The van der Waals surface area contributed by atoms with Gasteiger partial charge in [-0.15, -0.1) is 0 Å². The van der Waals surface area contributed by atoms with Crippen molar-refractivity contribution in [2.75, 3.05) is 0 Å². The van der Waals surface area contributed by atoms with Crippen LogP contribution in [0.1, 0.15) is 62.3 Å². The predicted molar refractivity (Wildman–Crippen MR) is 86.6 cm³/mol. The summed E-state index contributed by atoms with van der Waals surface area (Å²) in [5, 5.41) is 0. The first-order valence-electron chi connectivity index (χ1n) is 7.13. The Labute approximate surface area is 123 Å². The Kier molecular flexibility index (Phi) is 4.47. The van der Waals surface area contributed by atoms with Gasteiger partial charge in [-0.05, 0) is 0 Å². The van der Waals surface area contributed by atoms with E-state index in [1.165, 1.54) is 3.84 Å². The van der Waals surface area contributed by atoms with Crippen LogP contribution in [0.2, 0.25) is 10.3 Å². The Morgan fingerprint density at radius 2 is 1.00 bits per heavy atom. The van der Waals surface area contributed by atoms with Crippen molar-refractivity contribution in [1.82, 2.24) is 9.97 Å². The van der Waals surface area contributed by atoms with E-state index in [0.717, 1.165) is 0 Å². The zero-order chi connectivity index (χ0) is 15.1. The van der Waals surface area contributed by atoms with Crippen molar-refractivity contribution in [3.63, 3.8) is 0 Å². The van der Waals surface area contributed by atoms with Crippen LogP contribution in [0.4, 0.5) is 0 Å². The van der Waals surface area contributed by atoms with Gasteiger partial charge in [-0.1, -0.05) is 0 Å². The summed E-state index contributed by atoms with van der Waals surface area (Å²) < 4.78 is 1.98.